The molecule has 6 rings (SSSR count). The normalized spacial score (nSPS) is 18.6. The number of aromatic nitrogens is 4. The molecule has 1 aromatic heterocycles. The maximum atomic E-state index is 12.7. The highest BCUT2D eigenvalue weighted by Gasteiger charge is 2.37. The second-order valence-corrected chi connectivity index (χ2v) is 9.96. The van der Waals surface area contributed by atoms with Crippen LogP contribution in [0.15, 0.2) is 42.0 Å². The lowest BCUT2D eigenvalue weighted by Gasteiger charge is -2.34. The van der Waals surface area contributed by atoms with Gasteiger partial charge in [0.1, 0.15) is 6.04 Å². The minimum absolute atomic E-state index is 0.0772. The average molecular weight is 517 g/mol. The van der Waals surface area contributed by atoms with Crippen molar-refractivity contribution < 1.29 is 19.0 Å². The minimum Gasteiger partial charge on any atom is -0.492 e. The number of methoxy groups -OCH3 is 1. The van der Waals surface area contributed by atoms with Crippen molar-refractivity contribution >= 4 is 5.91 Å². The van der Waals surface area contributed by atoms with E-state index in [-0.39, 0.29) is 18.7 Å². The largest absolute Gasteiger partial charge is 0.492 e. The molecule has 3 heterocycles. The number of likely N-dealkylation sites (N-methyl/N-ethyl adjacent to an activating group) is 1. The molecule has 1 N–H and O–H groups in total. The van der Waals surface area contributed by atoms with Gasteiger partial charge in [0, 0.05) is 24.2 Å². The van der Waals surface area contributed by atoms with Crippen molar-refractivity contribution in [2.75, 3.05) is 34.0 Å². The van der Waals surface area contributed by atoms with E-state index in [1.807, 2.05) is 37.4 Å². The lowest BCUT2D eigenvalue weighted by molar-refractivity contribution is 0.0954. The Balaban J connectivity index is 1.24. The summed E-state index contributed by atoms with van der Waals surface area (Å²) in [5, 5.41) is 15.8. The van der Waals surface area contributed by atoms with Crippen LogP contribution in [0.4, 0.5) is 0 Å². The zero-order valence-electron chi connectivity index (χ0n) is 21.8. The quantitative estimate of drug-likeness (QED) is 0.475. The van der Waals surface area contributed by atoms with E-state index in [1.54, 1.807) is 11.8 Å². The number of nitrogens with zero attached hydrogens (tertiary/aromatic N) is 5. The third-order valence-electron chi connectivity index (χ3n) is 7.62. The number of carbonyl (C=O) groups is 1. The van der Waals surface area contributed by atoms with Crippen molar-refractivity contribution in [3.05, 3.63) is 64.5 Å². The number of allylic oxidation sites excluding steroid dienone is 1. The lowest BCUT2D eigenvalue weighted by Crippen LogP contribution is -2.35. The van der Waals surface area contributed by atoms with Gasteiger partial charge >= 0.3 is 0 Å². The summed E-state index contributed by atoms with van der Waals surface area (Å²) in [5.74, 6) is 2.54. The summed E-state index contributed by atoms with van der Waals surface area (Å²) < 4.78 is 18.9. The van der Waals surface area contributed by atoms with Gasteiger partial charge in [0.15, 0.2) is 17.3 Å². The molecule has 1 atom stereocenters. The van der Waals surface area contributed by atoms with E-state index >= 15 is 0 Å². The van der Waals surface area contributed by atoms with Crippen molar-refractivity contribution in [1.82, 2.24) is 30.4 Å². The minimum atomic E-state index is -0.254. The fraction of sp³-hybridized carbons (Fsp3) is 0.429. The van der Waals surface area contributed by atoms with Crippen LogP contribution in [0, 0.1) is 0 Å². The molecule has 38 heavy (non-hydrogen) atoms. The Bertz CT molecular complexity index is 1370. The third-order valence-corrected chi connectivity index (χ3v) is 7.62. The van der Waals surface area contributed by atoms with Crippen LogP contribution in [0.1, 0.15) is 65.5 Å². The standard InChI is InChI=1S/C28H32N6O4/c1-33-15-13-20-16-22-25(38-17-37-22)26(36-2)23(20)24(33)27-30-31-32-34(27)21-10-8-19(9-11-21)28(35)29-14-12-18-6-4-3-5-7-18/h6,8-11,16,24H,3-5,7,12-15,17H2,1-2H3,(H,29,35). The van der Waals surface area contributed by atoms with Crippen molar-refractivity contribution in [2.24, 2.45) is 0 Å². The highest BCUT2D eigenvalue weighted by Crippen LogP contribution is 2.50. The van der Waals surface area contributed by atoms with E-state index < -0.39 is 0 Å². The van der Waals surface area contributed by atoms with Gasteiger partial charge in [0.25, 0.3) is 5.91 Å². The van der Waals surface area contributed by atoms with Crippen LogP contribution in [-0.2, 0) is 6.42 Å². The molecular weight excluding hydrogens is 484 g/mol. The second-order valence-electron chi connectivity index (χ2n) is 9.96. The molecule has 2 aliphatic heterocycles. The van der Waals surface area contributed by atoms with Crippen LogP contribution in [0.3, 0.4) is 0 Å². The second kappa shape index (κ2) is 10.4. The van der Waals surface area contributed by atoms with Crippen LogP contribution in [0.25, 0.3) is 5.69 Å². The summed E-state index contributed by atoms with van der Waals surface area (Å²) >= 11 is 0. The van der Waals surface area contributed by atoms with E-state index in [4.69, 9.17) is 14.2 Å². The highest BCUT2D eigenvalue weighted by atomic mass is 16.7. The van der Waals surface area contributed by atoms with E-state index in [9.17, 15) is 4.79 Å². The van der Waals surface area contributed by atoms with Gasteiger partial charge in [-0.25, -0.2) is 0 Å². The molecule has 0 fully saturated rings. The Morgan fingerprint density at radius 2 is 2.05 bits per heavy atom. The summed E-state index contributed by atoms with van der Waals surface area (Å²) in [5.41, 5.74) is 4.93. The predicted octanol–water partition coefficient (Wildman–Crippen LogP) is 3.60. The molecule has 1 amide bonds. The van der Waals surface area contributed by atoms with E-state index in [1.165, 1.54) is 18.4 Å². The Labute approximate surface area is 221 Å². The molecule has 0 saturated carbocycles. The number of benzene rings is 2. The van der Waals surface area contributed by atoms with Gasteiger partial charge < -0.3 is 19.5 Å². The van der Waals surface area contributed by atoms with Crippen molar-refractivity contribution in [2.45, 2.75) is 44.6 Å². The van der Waals surface area contributed by atoms with Crippen LogP contribution < -0.4 is 19.5 Å². The molecule has 10 nitrogen and oxygen atoms in total. The maximum Gasteiger partial charge on any atom is 0.251 e. The molecule has 198 valence electrons. The lowest BCUT2D eigenvalue weighted by atomic mass is 9.90. The topological polar surface area (TPSA) is 104 Å². The van der Waals surface area contributed by atoms with Gasteiger partial charge in [0.2, 0.25) is 12.5 Å². The zero-order chi connectivity index (χ0) is 26.1. The Morgan fingerprint density at radius 1 is 1.18 bits per heavy atom. The molecule has 10 heteroatoms. The molecule has 0 bridgehead atoms. The monoisotopic (exact) mass is 516 g/mol. The van der Waals surface area contributed by atoms with Crippen molar-refractivity contribution in [3.63, 3.8) is 0 Å². The van der Waals surface area contributed by atoms with Crippen LogP contribution in [0.2, 0.25) is 0 Å². The van der Waals surface area contributed by atoms with Crippen LogP contribution in [-0.4, -0.2) is 65.1 Å². The SMILES string of the molecule is COc1c2c(cc3c1C(c1nnnn1-c1ccc(C(=O)NCCC4=CCCCC4)cc1)N(C)CC3)OCO2. The molecule has 3 aliphatic rings. The smallest absolute Gasteiger partial charge is 0.251 e. The first-order chi connectivity index (χ1) is 18.6. The summed E-state index contributed by atoms with van der Waals surface area (Å²) in [4.78, 5) is 14.9. The van der Waals surface area contributed by atoms with E-state index in [2.05, 4.69) is 31.8 Å². The van der Waals surface area contributed by atoms with Gasteiger partial charge in [-0.2, -0.15) is 4.68 Å². The predicted molar refractivity (Wildman–Crippen MR) is 140 cm³/mol. The van der Waals surface area contributed by atoms with Crippen LogP contribution in [0.5, 0.6) is 17.2 Å². The molecule has 0 spiro atoms. The molecule has 1 unspecified atom stereocenters. The fourth-order valence-electron chi connectivity index (χ4n) is 5.63. The maximum absolute atomic E-state index is 12.7. The van der Waals surface area contributed by atoms with Gasteiger partial charge in [-0.3, -0.25) is 9.69 Å². The van der Waals surface area contributed by atoms with Gasteiger partial charge in [-0.15, -0.1) is 5.10 Å². The zero-order valence-corrected chi connectivity index (χ0v) is 21.8. The highest BCUT2D eigenvalue weighted by molar-refractivity contribution is 5.94. The van der Waals surface area contributed by atoms with E-state index in [0.29, 0.717) is 35.2 Å². The Kier molecular flexibility index (Phi) is 6.71. The first-order valence-corrected chi connectivity index (χ1v) is 13.2. The summed E-state index contributed by atoms with van der Waals surface area (Å²) in [6, 6.07) is 9.15. The number of ether oxygens (including phenoxy) is 3. The Morgan fingerprint density at radius 3 is 2.84 bits per heavy atom. The van der Waals surface area contributed by atoms with E-state index in [0.717, 1.165) is 49.0 Å². The van der Waals surface area contributed by atoms with Crippen molar-refractivity contribution in [3.8, 4) is 22.9 Å². The number of tetrazole rings is 1. The summed E-state index contributed by atoms with van der Waals surface area (Å²) in [6.07, 6.45) is 8.90. The number of amides is 1. The van der Waals surface area contributed by atoms with Gasteiger partial charge in [-0.1, -0.05) is 11.6 Å². The molecular formula is C28H32N6O4. The fourth-order valence-corrected chi connectivity index (χ4v) is 5.63. The molecule has 2 aromatic carbocycles. The number of hydrogen-bond donors (Lipinski definition) is 1. The first kappa shape index (κ1) is 24.4. The summed E-state index contributed by atoms with van der Waals surface area (Å²) in [7, 11) is 3.69. The molecule has 0 saturated heterocycles. The summed E-state index contributed by atoms with van der Waals surface area (Å²) in [6.45, 7) is 1.64. The number of carbonyl (C=O) groups excluding carboxylic acids is 1. The van der Waals surface area contributed by atoms with Crippen LogP contribution >= 0.6 is 0 Å². The number of rotatable bonds is 7. The third kappa shape index (κ3) is 4.49. The van der Waals surface area contributed by atoms with Crippen molar-refractivity contribution in [1.29, 1.82) is 0 Å². The number of hydrogen-bond acceptors (Lipinski definition) is 8. The Hall–Kier alpha value is -3.92. The molecule has 1 aliphatic carbocycles. The molecule has 0 radical (unpaired) electrons. The first-order valence-electron chi connectivity index (χ1n) is 13.2. The number of nitrogens with one attached hydrogen (secondary N) is 1. The number of fused-ring (bicyclic) bond motifs is 2. The van der Waals surface area contributed by atoms with Gasteiger partial charge in [-0.05, 0) is 91.9 Å². The van der Waals surface area contributed by atoms with Gasteiger partial charge in [0.05, 0.1) is 12.8 Å². The molecule has 3 aromatic rings. The average Bonchev–Trinajstić information content (AvgIpc) is 3.62.